The van der Waals surface area contributed by atoms with Crippen molar-refractivity contribution < 1.29 is 9.59 Å². The topological polar surface area (TPSA) is 61.7 Å². The van der Waals surface area contributed by atoms with Crippen molar-refractivity contribution >= 4 is 17.5 Å². The third-order valence-corrected chi connectivity index (χ3v) is 5.89. The SMILES string of the molecule is CCN1CCn2cc(C(=O)N(C)Cc3ccc(N4CCCCC4)cc3)nc2C1=O. The van der Waals surface area contributed by atoms with Crippen LogP contribution in [0.2, 0.25) is 0 Å². The van der Waals surface area contributed by atoms with Crippen LogP contribution in [0, 0.1) is 0 Å². The Morgan fingerprint density at radius 2 is 1.79 bits per heavy atom. The molecule has 0 atom stereocenters. The molecule has 2 aliphatic heterocycles. The number of likely N-dealkylation sites (N-methyl/N-ethyl adjacent to an activating group) is 1. The summed E-state index contributed by atoms with van der Waals surface area (Å²) in [5.74, 6) is 0.0948. The Morgan fingerprint density at radius 3 is 2.48 bits per heavy atom. The molecule has 1 aromatic carbocycles. The van der Waals surface area contributed by atoms with Crippen LogP contribution < -0.4 is 4.90 Å². The molecule has 29 heavy (non-hydrogen) atoms. The van der Waals surface area contributed by atoms with Crippen molar-refractivity contribution in [2.45, 2.75) is 39.3 Å². The molecule has 154 valence electrons. The van der Waals surface area contributed by atoms with Gasteiger partial charge in [-0.25, -0.2) is 4.98 Å². The summed E-state index contributed by atoms with van der Waals surface area (Å²) in [6, 6.07) is 8.47. The molecule has 0 N–H and O–H groups in total. The average Bonchev–Trinajstić information content (AvgIpc) is 3.20. The summed E-state index contributed by atoms with van der Waals surface area (Å²) in [4.78, 5) is 35.5. The molecule has 3 heterocycles. The van der Waals surface area contributed by atoms with Crippen LogP contribution >= 0.6 is 0 Å². The van der Waals surface area contributed by atoms with E-state index in [2.05, 4.69) is 34.1 Å². The minimum Gasteiger partial charge on any atom is -0.372 e. The minimum atomic E-state index is -0.164. The maximum atomic E-state index is 12.9. The second kappa shape index (κ2) is 8.27. The molecule has 1 saturated heterocycles. The van der Waals surface area contributed by atoms with E-state index < -0.39 is 0 Å². The zero-order valence-corrected chi connectivity index (χ0v) is 17.3. The monoisotopic (exact) mass is 395 g/mol. The summed E-state index contributed by atoms with van der Waals surface area (Å²) in [6.07, 6.45) is 5.54. The maximum absolute atomic E-state index is 12.9. The summed E-state index contributed by atoms with van der Waals surface area (Å²) in [5, 5.41) is 0. The molecule has 0 aliphatic carbocycles. The molecule has 1 fully saturated rings. The van der Waals surface area contributed by atoms with E-state index >= 15 is 0 Å². The molecular formula is C22H29N5O2. The largest absolute Gasteiger partial charge is 0.372 e. The lowest BCUT2D eigenvalue weighted by atomic mass is 10.1. The minimum absolute atomic E-state index is 0.103. The van der Waals surface area contributed by atoms with Crippen molar-refractivity contribution in [1.29, 1.82) is 0 Å². The fraction of sp³-hybridized carbons (Fsp3) is 0.500. The first kappa shape index (κ1) is 19.5. The lowest BCUT2D eigenvalue weighted by Crippen LogP contribution is -2.40. The fourth-order valence-electron chi connectivity index (χ4n) is 4.14. The second-order valence-electron chi connectivity index (χ2n) is 7.90. The van der Waals surface area contributed by atoms with Crippen LogP contribution in [0.4, 0.5) is 5.69 Å². The molecule has 0 unspecified atom stereocenters. The van der Waals surface area contributed by atoms with Gasteiger partial charge in [-0.05, 0) is 43.9 Å². The van der Waals surface area contributed by atoms with Crippen LogP contribution in [0.1, 0.15) is 52.9 Å². The van der Waals surface area contributed by atoms with Gasteiger partial charge in [0.15, 0.2) is 5.82 Å². The van der Waals surface area contributed by atoms with E-state index in [1.807, 2.05) is 6.92 Å². The fourth-order valence-corrected chi connectivity index (χ4v) is 4.14. The number of aromatic nitrogens is 2. The van der Waals surface area contributed by atoms with Crippen molar-refractivity contribution in [1.82, 2.24) is 19.4 Å². The van der Waals surface area contributed by atoms with Crippen LogP contribution in [0.25, 0.3) is 0 Å². The number of nitrogens with zero attached hydrogens (tertiary/aromatic N) is 5. The van der Waals surface area contributed by atoms with Crippen LogP contribution in [-0.4, -0.2) is 64.4 Å². The van der Waals surface area contributed by atoms with E-state index in [4.69, 9.17) is 0 Å². The number of carbonyl (C=O) groups is 2. The predicted molar refractivity (Wildman–Crippen MR) is 112 cm³/mol. The third-order valence-electron chi connectivity index (χ3n) is 5.89. The quantitative estimate of drug-likeness (QED) is 0.781. The number of rotatable bonds is 5. The third kappa shape index (κ3) is 3.99. The first-order valence-corrected chi connectivity index (χ1v) is 10.5. The van der Waals surface area contributed by atoms with Gasteiger partial charge in [-0.3, -0.25) is 9.59 Å². The van der Waals surface area contributed by atoms with E-state index in [-0.39, 0.29) is 11.8 Å². The zero-order chi connectivity index (χ0) is 20.4. The lowest BCUT2D eigenvalue weighted by Gasteiger charge is -2.29. The molecule has 2 amide bonds. The van der Waals surface area contributed by atoms with Crippen LogP contribution in [0.15, 0.2) is 30.5 Å². The van der Waals surface area contributed by atoms with Crippen molar-refractivity contribution in [3.05, 3.63) is 47.5 Å². The first-order chi connectivity index (χ1) is 14.1. The van der Waals surface area contributed by atoms with Gasteiger partial charge in [0.1, 0.15) is 5.69 Å². The Kier molecular flexibility index (Phi) is 5.56. The maximum Gasteiger partial charge on any atom is 0.289 e. The Morgan fingerprint density at radius 1 is 1.07 bits per heavy atom. The summed E-state index contributed by atoms with van der Waals surface area (Å²) >= 11 is 0. The molecule has 0 radical (unpaired) electrons. The number of fused-ring (bicyclic) bond motifs is 1. The van der Waals surface area contributed by atoms with E-state index in [0.717, 1.165) is 18.7 Å². The normalized spacial score (nSPS) is 16.7. The van der Waals surface area contributed by atoms with Gasteiger partial charge in [-0.1, -0.05) is 12.1 Å². The molecule has 0 spiro atoms. The molecule has 1 aromatic heterocycles. The summed E-state index contributed by atoms with van der Waals surface area (Å²) in [7, 11) is 1.78. The number of hydrogen-bond donors (Lipinski definition) is 0. The Balaban J connectivity index is 1.42. The van der Waals surface area contributed by atoms with E-state index in [9.17, 15) is 9.59 Å². The number of amides is 2. The number of carbonyl (C=O) groups excluding carboxylic acids is 2. The van der Waals surface area contributed by atoms with Gasteiger partial charge in [-0.15, -0.1) is 0 Å². The van der Waals surface area contributed by atoms with Crippen molar-refractivity contribution in [2.75, 3.05) is 38.1 Å². The Hall–Kier alpha value is -2.83. The lowest BCUT2D eigenvalue weighted by molar-refractivity contribution is 0.0707. The van der Waals surface area contributed by atoms with Crippen molar-refractivity contribution in [3.63, 3.8) is 0 Å². The molecule has 4 rings (SSSR count). The summed E-state index contributed by atoms with van der Waals surface area (Å²) < 4.78 is 1.79. The Bertz CT molecular complexity index is 883. The molecule has 0 saturated carbocycles. The standard InChI is InChI=1S/C22H29N5O2/c1-3-25-13-14-27-16-19(23-20(27)22(25)29)21(28)24(2)15-17-7-9-18(10-8-17)26-11-5-4-6-12-26/h7-10,16H,3-6,11-15H2,1-2H3. The molecule has 2 aliphatic rings. The highest BCUT2D eigenvalue weighted by Gasteiger charge is 2.28. The van der Waals surface area contributed by atoms with Crippen LogP contribution in [0.5, 0.6) is 0 Å². The second-order valence-corrected chi connectivity index (χ2v) is 7.90. The number of anilines is 1. The van der Waals surface area contributed by atoms with Crippen molar-refractivity contribution in [2.24, 2.45) is 0 Å². The number of piperidine rings is 1. The molecule has 2 aromatic rings. The van der Waals surface area contributed by atoms with Crippen LogP contribution in [-0.2, 0) is 13.1 Å². The molecule has 0 bridgehead atoms. The van der Waals surface area contributed by atoms with E-state index in [0.29, 0.717) is 37.7 Å². The van der Waals surface area contributed by atoms with Gasteiger partial charge in [0.05, 0.1) is 0 Å². The first-order valence-electron chi connectivity index (χ1n) is 10.5. The van der Waals surface area contributed by atoms with Crippen molar-refractivity contribution in [3.8, 4) is 0 Å². The van der Waals surface area contributed by atoms with Gasteiger partial charge >= 0.3 is 0 Å². The number of imidazole rings is 1. The highest BCUT2D eigenvalue weighted by atomic mass is 16.2. The highest BCUT2D eigenvalue weighted by molar-refractivity contribution is 5.96. The summed E-state index contributed by atoms with van der Waals surface area (Å²) in [6.45, 7) is 6.70. The van der Waals surface area contributed by atoms with Gasteiger partial charge < -0.3 is 19.3 Å². The Labute approximate surface area is 171 Å². The zero-order valence-electron chi connectivity index (χ0n) is 17.3. The smallest absolute Gasteiger partial charge is 0.289 e. The highest BCUT2D eigenvalue weighted by Crippen LogP contribution is 2.21. The van der Waals surface area contributed by atoms with E-state index in [1.165, 1.54) is 24.9 Å². The predicted octanol–water partition coefficient (Wildman–Crippen LogP) is 2.62. The van der Waals surface area contributed by atoms with Gasteiger partial charge in [0.25, 0.3) is 11.8 Å². The van der Waals surface area contributed by atoms with Gasteiger partial charge in [0, 0.05) is 58.2 Å². The number of benzene rings is 1. The van der Waals surface area contributed by atoms with Gasteiger partial charge in [-0.2, -0.15) is 0 Å². The van der Waals surface area contributed by atoms with E-state index in [1.54, 1.807) is 27.6 Å². The van der Waals surface area contributed by atoms with Crippen LogP contribution in [0.3, 0.4) is 0 Å². The summed E-state index contributed by atoms with van der Waals surface area (Å²) in [5.41, 5.74) is 2.67. The molecule has 7 heteroatoms. The molecular weight excluding hydrogens is 366 g/mol. The average molecular weight is 396 g/mol. The number of hydrogen-bond acceptors (Lipinski definition) is 4. The molecule has 7 nitrogen and oxygen atoms in total. The van der Waals surface area contributed by atoms with Gasteiger partial charge in [0.2, 0.25) is 0 Å².